The summed E-state index contributed by atoms with van der Waals surface area (Å²) in [6.07, 6.45) is 2.59. The van der Waals surface area contributed by atoms with Crippen LogP contribution in [0, 0.1) is 23.0 Å². The fourth-order valence-electron chi connectivity index (χ4n) is 2.21. The second-order valence-electron chi connectivity index (χ2n) is 4.39. The molecule has 0 bridgehead atoms. The topological polar surface area (TPSA) is 85.3 Å². The van der Waals surface area contributed by atoms with Crippen molar-refractivity contribution in [3.63, 3.8) is 0 Å². The number of nitrogens with zero attached hydrogens (tertiary/aromatic N) is 3. The standard InChI is InChI=1S/C11H16N4O2/c1-8-2-4-13-11(10(8)15(16)17)14-5-3-9(6-12)7-14/h2,4,9H,3,5-7,12H2,1H3. The van der Waals surface area contributed by atoms with Crippen LogP contribution >= 0.6 is 0 Å². The normalized spacial score (nSPS) is 19.6. The van der Waals surface area contributed by atoms with E-state index in [2.05, 4.69) is 4.98 Å². The van der Waals surface area contributed by atoms with Crippen LogP contribution in [-0.2, 0) is 0 Å². The number of rotatable bonds is 3. The van der Waals surface area contributed by atoms with Gasteiger partial charge in [0.1, 0.15) is 0 Å². The van der Waals surface area contributed by atoms with Gasteiger partial charge in [-0.3, -0.25) is 10.1 Å². The molecular weight excluding hydrogens is 220 g/mol. The summed E-state index contributed by atoms with van der Waals surface area (Å²) in [6, 6.07) is 1.66. The SMILES string of the molecule is Cc1ccnc(N2CCC(CN)C2)c1[N+](=O)[O-]. The van der Waals surface area contributed by atoms with Gasteiger partial charge >= 0.3 is 5.69 Å². The molecule has 2 heterocycles. The van der Waals surface area contributed by atoms with Gasteiger partial charge in [-0.2, -0.15) is 0 Å². The van der Waals surface area contributed by atoms with E-state index in [1.807, 2.05) is 4.90 Å². The number of nitro groups is 1. The Balaban J connectivity index is 2.33. The largest absolute Gasteiger partial charge is 0.351 e. The highest BCUT2D eigenvalue weighted by Gasteiger charge is 2.29. The fourth-order valence-corrected chi connectivity index (χ4v) is 2.21. The molecule has 1 unspecified atom stereocenters. The molecule has 1 atom stereocenters. The van der Waals surface area contributed by atoms with Gasteiger partial charge < -0.3 is 10.6 Å². The van der Waals surface area contributed by atoms with Crippen molar-refractivity contribution in [2.24, 2.45) is 11.7 Å². The predicted molar refractivity (Wildman–Crippen MR) is 65.0 cm³/mol. The second kappa shape index (κ2) is 4.67. The Morgan fingerprint density at radius 3 is 3.06 bits per heavy atom. The van der Waals surface area contributed by atoms with E-state index in [0.717, 1.165) is 19.5 Å². The number of pyridine rings is 1. The maximum atomic E-state index is 11.1. The monoisotopic (exact) mass is 236 g/mol. The zero-order chi connectivity index (χ0) is 12.4. The lowest BCUT2D eigenvalue weighted by atomic mass is 10.1. The van der Waals surface area contributed by atoms with Gasteiger partial charge in [-0.25, -0.2) is 4.98 Å². The molecule has 0 aliphatic carbocycles. The van der Waals surface area contributed by atoms with Gasteiger partial charge in [-0.05, 0) is 31.9 Å². The van der Waals surface area contributed by atoms with Gasteiger partial charge in [0.25, 0.3) is 0 Å². The summed E-state index contributed by atoms with van der Waals surface area (Å²) in [6.45, 7) is 3.91. The smallest absolute Gasteiger partial charge is 0.314 e. The molecule has 17 heavy (non-hydrogen) atoms. The Hall–Kier alpha value is -1.69. The first-order valence-electron chi connectivity index (χ1n) is 5.68. The van der Waals surface area contributed by atoms with Crippen LogP contribution in [0.15, 0.2) is 12.3 Å². The van der Waals surface area contributed by atoms with Crippen molar-refractivity contribution in [2.45, 2.75) is 13.3 Å². The molecule has 2 N–H and O–H groups in total. The van der Waals surface area contributed by atoms with E-state index >= 15 is 0 Å². The van der Waals surface area contributed by atoms with E-state index < -0.39 is 0 Å². The minimum Gasteiger partial charge on any atom is -0.351 e. The van der Waals surface area contributed by atoms with Crippen LogP contribution < -0.4 is 10.6 Å². The summed E-state index contributed by atoms with van der Waals surface area (Å²) in [4.78, 5) is 16.8. The molecule has 1 aromatic rings. The maximum absolute atomic E-state index is 11.1. The molecule has 6 heteroatoms. The maximum Gasteiger partial charge on any atom is 0.314 e. The van der Waals surface area contributed by atoms with E-state index in [0.29, 0.717) is 23.8 Å². The number of aryl methyl sites for hydroxylation is 1. The molecular formula is C11H16N4O2. The van der Waals surface area contributed by atoms with Crippen molar-refractivity contribution >= 4 is 11.5 Å². The van der Waals surface area contributed by atoms with Crippen molar-refractivity contribution in [3.8, 4) is 0 Å². The molecule has 92 valence electrons. The average Bonchev–Trinajstić information content (AvgIpc) is 2.76. The minimum atomic E-state index is -0.354. The first-order chi connectivity index (χ1) is 8.13. The number of hydrogen-bond acceptors (Lipinski definition) is 5. The molecule has 0 spiro atoms. The Bertz CT molecular complexity index is 435. The first-order valence-corrected chi connectivity index (χ1v) is 5.68. The van der Waals surface area contributed by atoms with Crippen LogP contribution in [-0.4, -0.2) is 29.5 Å². The molecule has 1 saturated heterocycles. The Morgan fingerprint density at radius 1 is 1.71 bits per heavy atom. The quantitative estimate of drug-likeness (QED) is 0.627. The van der Waals surface area contributed by atoms with Gasteiger partial charge in [-0.15, -0.1) is 0 Å². The third-order valence-corrected chi connectivity index (χ3v) is 3.21. The van der Waals surface area contributed by atoms with Crippen LogP contribution in [0.3, 0.4) is 0 Å². The molecule has 2 rings (SSSR count). The highest BCUT2D eigenvalue weighted by Crippen LogP contribution is 2.32. The predicted octanol–water partition coefficient (Wildman–Crippen LogP) is 1.08. The Morgan fingerprint density at radius 2 is 2.47 bits per heavy atom. The molecule has 1 aliphatic rings. The molecule has 1 aliphatic heterocycles. The highest BCUT2D eigenvalue weighted by molar-refractivity contribution is 5.61. The molecule has 1 aromatic heterocycles. The summed E-state index contributed by atoms with van der Waals surface area (Å²) in [5.74, 6) is 0.892. The van der Waals surface area contributed by atoms with E-state index in [-0.39, 0.29) is 10.6 Å². The van der Waals surface area contributed by atoms with Crippen molar-refractivity contribution < 1.29 is 4.92 Å². The molecule has 0 amide bonds. The van der Waals surface area contributed by atoms with Gasteiger partial charge in [-0.1, -0.05) is 0 Å². The Kier molecular flexibility index (Phi) is 3.23. The van der Waals surface area contributed by atoms with Crippen LogP contribution in [0.25, 0.3) is 0 Å². The van der Waals surface area contributed by atoms with Gasteiger partial charge in [0.2, 0.25) is 5.82 Å². The summed E-state index contributed by atoms with van der Waals surface area (Å²) < 4.78 is 0. The molecule has 0 aromatic carbocycles. The van der Waals surface area contributed by atoms with E-state index in [1.54, 1.807) is 19.2 Å². The third-order valence-electron chi connectivity index (χ3n) is 3.21. The van der Waals surface area contributed by atoms with Crippen molar-refractivity contribution in [2.75, 3.05) is 24.5 Å². The van der Waals surface area contributed by atoms with Gasteiger partial charge in [0.15, 0.2) is 0 Å². The van der Waals surface area contributed by atoms with E-state index in [4.69, 9.17) is 5.73 Å². The van der Waals surface area contributed by atoms with Crippen LogP contribution in [0.5, 0.6) is 0 Å². The zero-order valence-electron chi connectivity index (χ0n) is 9.80. The molecule has 0 saturated carbocycles. The molecule has 0 radical (unpaired) electrons. The minimum absolute atomic E-state index is 0.116. The Labute approximate surface area is 99.6 Å². The van der Waals surface area contributed by atoms with Crippen molar-refractivity contribution in [3.05, 3.63) is 27.9 Å². The number of anilines is 1. The number of hydrogen-bond donors (Lipinski definition) is 1. The number of nitrogens with two attached hydrogens (primary N) is 1. The fraction of sp³-hybridized carbons (Fsp3) is 0.545. The lowest BCUT2D eigenvalue weighted by Gasteiger charge is -2.17. The van der Waals surface area contributed by atoms with E-state index in [1.165, 1.54) is 0 Å². The lowest BCUT2D eigenvalue weighted by Crippen LogP contribution is -2.24. The van der Waals surface area contributed by atoms with Crippen LogP contribution in [0.2, 0.25) is 0 Å². The zero-order valence-corrected chi connectivity index (χ0v) is 9.80. The van der Waals surface area contributed by atoms with Gasteiger partial charge in [0.05, 0.1) is 4.92 Å². The van der Waals surface area contributed by atoms with Crippen LogP contribution in [0.4, 0.5) is 11.5 Å². The van der Waals surface area contributed by atoms with Crippen LogP contribution in [0.1, 0.15) is 12.0 Å². The highest BCUT2D eigenvalue weighted by atomic mass is 16.6. The summed E-state index contributed by atoms with van der Waals surface area (Å²) in [5, 5.41) is 11.1. The van der Waals surface area contributed by atoms with Crippen molar-refractivity contribution in [1.29, 1.82) is 0 Å². The summed E-state index contributed by atoms with van der Waals surface area (Å²) >= 11 is 0. The molecule has 6 nitrogen and oxygen atoms in total. The first kappa shape index (κ1) is 11.8. The lowest BCUT2D eigenvalue weighted by molar-refractivity contribution is -0.384. The van der Waals surface area contributed by atoms with E-state index in [9.17, 15) is 10.1 Å². The summed E-state index contributed by atoms with van der Waals surface area (Å²) in [7, 11) is 0. The summed E-state index contributed by atoms with van der Waals surface area (Å²) in [5.41, 5.74) is 6.39. The van der Waals surface area contributed by atoms with Crippen molar-refractivity contribution in [1.82, 2.24) is 4.98 Å². The van der Waals surface area contributed by atoms with Gasteiger partial charge in [0, 0.05) is 24.8 Å². The molecule has 1 fully saturated rings. The second-order valence-corrected chi connectivity index (χ2v) is 4.39. The average molecular weight is 236 g/mol. The third kappa shape index (κ3) is 2.21. The number of aromatic nitrogens is 1.